The first-order chi connectivity index (χ1) is 13.5. The first-order valence-corrected chi connectivity index (χ1v) is 10.3. The van der Waals surface area contributed by atoms with E-state index in [2.05, 4.69) is 5.32 Å². The molecule has 1 atom stereocenters. The van der Waals surface area contributed by atoms with Gasteiger partial charge < -0.3 is 5.32 Å². The van der Waals surface area contributed by atoms with Crippen molar-refractivity contribution < 1.29 is 23.3 Å². The van der Waals surface area contributed by atoms with Crippen LogP contribution in [0.25, 0.3) is 0 Å². The second-order valence-electron chi connectivity index (χ2n) is 7.18. The summed E-state index contributed by atoms with van der Waals surface area (Å²) in [4.78, 5) is 39.4. The number of carbonyl (C=O) groups is 3. The molecule has 0 spiro atoms. The van der Waals surface area contributed by atoms with Gasteiger partial charge in [0.05, 0.1) is 0 Å². The highest BCUT2D eigenvalue weighted by Crippen LogP contribution is 2.29. The number of urea groups is 1. The van der Waals surface area contributed by atoms with Crippen LogP contribution in [0, 0.1) is 5.82 Å². The molecule has 3 aliphatic rings. The maximum atomic E-state index is 14.1. The lowest BCUT2D eigenvalue weighted by atomic mass is 10.1. The van der Waals surface area contributed by atoms with Gasteiger partial charge in [0, 0.05) is 11.6 Å². The molecule has 1 unspecified atom stereocenters. The van der Waals surface area contributed by atoms with Gasteiger partial charge in [-0.15, -0.1) is 11.8 Å². The average Bonchev–Trinajstić information content (AvgIpc) is 3.35. The Morgan fingerprint density at radius 1 is 1.25 bits per heavy atom. The topological polar surface area (TPSA) is 69.5 Å². The van der Waals surface area contributed by atoms with Crippen molar-refractivity contribution in [1.29, 1.82) is 0 Å². The third kappa shape index (κ3) is 3.61. The molecular formula is C20H21FN3O3S+. The molecule has 1 N–H and O–H groups in total. The predicted molar refractivity (Wildman–Crippen MR) is 103 cm³/mol. The second-order valence-corrected chi connectivity index (χ2v) is 8.19. The molecule has 28 heavy (non-hydrogen) atoms. The highest BCUT2D eigenvalue weighted by molar-refractivity contribution is 8.04. The van der Waals surface area contributed by atoms with Crippen molar-refractivity contribution in [1.82, 2.24) is 10.2 Å². The van der Waals surface area contributed by atoms with Crippen molar-refractivity contribution in [3.05, 3.63) is 47.1 Å². The second kappa shape index (κ2) is 7.87. The number of allylic oxidation sites excluding steroid dienone is 1. The Morgan fingerprint density at radius 2 is 2.00 bits per heavy atom. The molecule has 2 heterocycles. The first kappa shape index (κ1) is 18.9. The van der Waals surface area contributed by atoms with Crippen LogP contribution in [0.15, 0.2) is 35.7 Å². The van der Waals surface area contributed by atoms with Gasteiger partial charge in [0.15, 0.2) is 11.8 Å². The highest BCUT2D eigenvalue weighted by atomic mass is 32.2. The third-order valence-corrected chi connectivity index (χ3v) is 6.30. The molecule has 0 radical (unpaired) electrons. The van der Waals surface area contributed by atoms with E-state index in [1.165, 1.54) is 22.4 Å². The van der Waals surface area contributed by atoms with Crippen molar-refractivity contribution in [3.8, 4) is 0 Å². The summed E-state index contributed by atoms with van der Waals surface area (Å²) in [6.45, 7) is -0.303. The quantitative estimate of drug-likeness (QED) is 0.768. The summed E-state index contributed by atoms with van der Waals surface area (Å²) in [6, 6.07) is 5.62. The minimum absolute atomic E-state index is 0.146. The zero-order valence-electron chi connectivity index (χ0n) is 15.3. The molecule has 1 aromatic carbocycles. The molecule has 6 nitrogen and oxygen atoms in total. The lowest BCUT2D eigenvalue weighted by Gasteiger charge is -2.24. The summed E-state index contributed by atoms with van der Waals surface area (Å²) < 4.78 is 15.4. The van der Waals surface area contributed by atoms with Crippen molar-refractivity contribution in [3.63, 3.8) is 0 Å². The van der Waals surface area contributed by atoms with Crippen molar-refractivity contribution >= 4 is 35.3 Å². The molecule has 1 saturated carbocycles. The standard InChI is InChI=1S/C20H20FN3O3S/c21-15-8-4-1-5-13(15)11-24-19(26)18-16(9-10-28-18)23(20(24)27)12-17(25)22-14-6-2-3-7-14/h1,4-5,8-10,14,18H,2-3,6-7,11-12H2/p+1. The van der Waals surface area contributed by atoms with Gasteiger partial charge in [-0.3, -0.25) is 4.79 Å². The van der Waals surface area contributed by atoms with Gasteiger partial charge in [-0.1, -0.05) is 31.0 Å². The number of carbonyl (C=O) groups excluding carboxylic acids is 3. The number of rotatable bonds is 5. The van der Waals surface area contributed by atoms with Gasteiger partial charge >= 0.3 is 11.9 Å². The number of nitrogens with one attached hydrogen (secondary N) is 1. The number of hydrogen-bond donors (Lipinski definition) is 1. The SMILES string of the molecule is O=C(C[N+]1=C2C=CSC2C(=O)N(Cc2ccccc2F)C1=O)NC1CCCC1. The van der Waals surface area contributed by atoms with E-state index >= 15 is 0 Å². The van der Waals surface area contributed by atoms with E-state index in [-0.39, 0.29) is 36.5 Å². The average molecular weight is 402 g/mol. The minimum Gasteiger partial charge on any atom is -0.350 e. The van der Waals surface area contributed by atoms with Crippen LogP contribution in [-0.4, -0.2) is 50.9 Å². The Bertz CT molecular complexity index is 892. The zero-order chi connectivity index (χ0) is 19.7. The fourth-order valence-electron chi connectivity index (χ4n) is 3.84. The zero-order valence-corrected chi connectivity index (χ0v) is 16.1. The first-order valence-electron chi connectivity index (χ1n) is 9.39. The lowest BCUT2D eigenvalue weighted by molar-refractivity contribution is -0.427. The van der Waals surface area contributed by atoms with E-state index in [1.54, 1.807) is 29.7 Å². The molecule has 4 rings (SSSR count). The van der Waals surface area contributed by atoms with E-state index in [9.17, 15) is 18.8 Å². The summed E-state index contributed by atoms with van der Waals surface area (Å²) in [7, 11) is 0. The molecule has 8 heteroatoms. The number of halogens is 1. The Kier molecular flexibility index (Phi) is 5.30. The molecule has 0 saturated heterocycles. The smallest absolute Gasteiger partial charge is 0.350 e. The van der Waals surface area contributed by atoms with Crippen LogP contribution in [0.3, 0.4) is 0 Å². The minimum atomic E-state index is -0.590. The van der Waals surface area contributed by atoms with Crippen molar-refractivity contribution in [2.45, 2.75) is 43.5 Å². The number of nitrogens with zero attached hydrogens (tertiary/aromatic N) is 2. The Labute approximate surface area is 166 Å². The molecule has 146 valence electrons. The van der Waals surface area contributed by atoms with Crippen LogP contribution in [-0.2, 0) is 16.1 Å². The number of amides is 4. The Balaban J connectivity index is 1.57. The molecule has 1 aliphatic carbocycles. The predicted octanol–water partition coefficient (Wildman–Crippen LogP) is 2.43. The maximum Gasteiger partial charge on any atom is 0.501 e. The van der Waals surface area contributed by atoms with Gasteiger partial charge in [0.25, 0.3) is 5.91 Å². The fraction of sp³-hybridized carbons (Fsp3) is 0.400. The number of hydrogen-bond acceptors (Lipinski definition) is 4. The number of fused-ring (bicyclic) bond motifs is 1. The van der Waals surface area contributed by atoms with Gasteiger partial charge in [0.1, 0.15) is 18.1 Å². The van der Waals surface area contributed by atoms with E-state index < -0.39 is 17.1 Å². The van der Waals surface area contributed by atoms with Crippen molar-refractivity contribution in [2.75, 3.05) is 6.54 Å². The molecule has 4 amide bonds. The molecule has 0 aromatic heterocycles. The van der Waals surface area contributed by atoms with E-state index in [0.717, 1.165) is 30.6 Å². The lowest BCUT2D eigenvalue weighted by Crippen LogP contribution is -2.56. The molecular weight excluding hydrogens is 381 g/mol. The van der Waals surface area contributed by atoms with Gasteiger partial charge in [0.2, 0.25) is 0 Å². The number of benzene rings is 1. The van der Waals surface area contributed by atoms with Crippen LogP contribution in [0.4, 0.5) is 9.18 Å². The van der Waals surface area contributed by atoms with Crippen LogP contribution in [0.2, 0.25) is 0 Å². The fourth-order valence-corrected chi connectivity index (χ4v) is 4.81. The normalized spacial score (nSPS) is 22.2. The summed E-state index contributed by atoms with van der Waals surface area (Å²) in [6.07, 6.45) is 5.79. The molecule has 1 fully saturated rings. The summed E-state index contributed by atoms with van der Waals surface area (Å²) in [5.41, 5.74) is 0.783. The largest absolute Gasteiger partial charge is 0.501 e. The molecule has 2 aliphatic heterocycles. The monoisotopic (exact) mass is 402 g/mol. The molecule has 1 aromatic rings. The maximum absolute atomic E-state index is 14.1. The van der Waals surface area contributed by atoms with Crippen LogP contribution in [0.1, 0.15) is 31.2 Å². The van der Waals surface area contributed by atoms with Gasteiger partial charge in [-0.05, 0) is 30.4 Å². The van der Waals surface area contributed by atoms with E-state index in [1.807, 2.05) is 0 Å². The third-order valence-electron chi connectivity index (χ3n) is 5.29. The van der Waals surface area contributed by atoms with Gasteiger partial charge in [-0.2, -0.15) is 14.3 Å². The highest BCUT2D eigenvalue weighted by Gasteiger charge is 2.49. The number of imide groups is 1. The summed E-state index contributed by atoms with van der Waals surface area (Å²) >= 11 is 1.29. The van der Waals surface area contributed by atoms with E-state index in [4.69, 9.17) is 0 Å². The van der Waals surface area contributed by atoms with Crippen LogP contribution in [0.5, 0.6) is 0 Å². The van der Waals surface area contributed by atoms with E-state index in [0.29, 0.717) is 5.71 Å². The Morgan fingerprint density at radius 3 is 2.75 bits per heavy atom. The Hall–Kier alpha value is -2.48. The van der Waals surface area contributed by atoms with Crippen LogP contribution >= 0.6 is 11.8 Å². The van der Waals surface area contributed by atoms with Crippen LogP contribution < -0.4 is 5.32 Å². The number of thioether (sulfide) groups is 1. The van der Waals surface area contributed by atoms with Crippen molar-refractivity contribution in [2.24, 2.45) is 0 Å². The van der Waals surface area contributed by atoms with Gasteiger partial charge in [-0.25, -0.2) is 9.18 Å². The molecule has 0 bridgehead atoms. The summed E-state index contributed by atoms with van der Waals surface area (Å²) in [5.74, 6) is -1.09. The summed E-state index contributed by atoms with van der Waals surface area (Å²) in [5, 5.41) is 4.14.